The first-order chi connectivity index (χ1) is 11.2. The van der Waals surface area contributed by atoms with Crippen molar-refractivity contribution >= 4 is 28.3 Å². The van der Waals surface area contributed by atoms with Gasteiger partial charge in [-0.1, -0.05) is 30.3 Å². The smallest absolute Gasteiger partial charge is 0.274 e. The number of nitrogens with one attached hydrogen (secondary N) is 2. The summed E-state index contributed by atoms with van der Waals surface area (Å²) >= 11 is 0. The number of fused-ring (bicyclic) bond motifs is 1. The molecule has 0 heterocycles. The third kappa shape index (κ3) is 3.20. The highest BCUT2D eigenvalue weighted by Crippen LogP contribution is 2.19. The van der Waals surface area contributed by atoms with E-state index in [9.17, 15) is 9.59 Å². The van der Waals surface area contributed by atoms with Crippen molar-refractivity contribution in [3.05, 3.63) is 77.9 Å². The minimum Gasteiger partial charge on any atom is -0.322 e. The average Bonchev–Trinajstić information content (AvgIpc) is 2.60. The van der Waals surface area contributed by atoms with Crippen LogP contribution in [0.5, 0.6) is 0 Å². The first kappa shape index (κ1) is 14.7. The number of carbonyl (C=O) groups is 2. The minimum atomic E-state index is -0.592. The fraction of sp³-hybridized carbons (Fsp3) is 0. The van der Waals surface area contributed by atoms with Crippen LogP contribution in [0.4, 0.5) is 5.69 Å². The maximum absolute atomic E-state index is 12.3. The predicted octanol–water partition coefficient (Wildman–Crippen LogP) is 3.21. The second-order valence-corrected chi connectivity index (χ2v) is 5.04. The maximum Gasteiger partial charge on any atom is 0.274 e. The number of para-hydroxylation sites is 1. The molecule has 0 aliphatic heterocycles. The average molecular weight is 306 g/mol. The Balaban J connectivity index is 1.92. The predicted molar refractivity (Wildman–Crippen MR) is 87.6 cm³/mol. The van der Waals surface area contributed by atoms with Crippen molar-refractivity contribution in [2.45, 2.75) is 0 Å². The van der Waals surface area contributed by atoms with Crippen molar-refractivity contribution in [2.75, 3.05) is 5.32 Å². The highest BCUT2D eigenvalue weighted by Gasteiger charge is 2.09. The first-order valence-electron chi connectivity index (χ1n) is 7.02. The van der Waals surface area contributed by atoms with Crippen LogP contribution in [0.15, 0.2) is 66.7 Å². The van der Waals surface area contributed by atoms with Crippen molar-refractivity contribution in [3.63, 3.8) is 0 Å². The largest absolute Gasteiger partial charge is 0.322 e. The monoisotopic (exact) mass is 306 g/mol. The summed E-state index contributed by atoms with van der Waals surface area (Å²) in [5.74, 6) is -0.818. The van der Waals surface area contributed by atoms with Gasteiger partial charge in [-0.25, -0.2) is 5.48 Å². The van der Waals surface area contributed by atoms with Crippen LogP contribution in [0, 0.1) is 0 Å². The number of hydrogen-bond acceptors (Lipinski definition) is 3. The van der Waals surface area contributed by atoms with Crippen LogP contribution in [0.1, 0.15) is 20.7 Å². The van der Waals surface area contributed by atoms with E-state index in [1.807, 2.05) is 36.4 Å². The van der Waals surface area contributed by atoms with Gasteiger partial charge in [-0.15, -0.1) is 0 Å². The fourth-order valence-corrected chi connectivity index (χ4v) is 2.32. The van der Waals surface area contributed by atoms with E-state index in [1.165, 1.54) is 0 Å². The molecular formula is C18H14N2O3. The topological polar surface area (TPSA) is 78.4 Å². The molecule has 114 valence electrons. The van der Waals surface area contributed by atoms with Crippen molar-refractivity contribution in [1.82, 2.24) is 5.48 Å². The molecule has 0 aliphatic carbocycles. The van der Waals surface area contributed by atoms with E-state index in [-0.39, 0.29) is 5.91 Å². The van der Waals surface area contributed by atoms with Gasteiger partial charge in [0, 0.05) is 16.8 Å². The molecule has 0 atom stereocenters. The molecule has 0 fully saturated rings. The Labute approximate surface area is 132 Å². The third-order valence-corrected chi connectivity index (χ3v) is 3.50. The van der Waals surface area contributed by atoms with Crippen LogP contribution in [-0.4, -0.2) is 17.0 Å². The van der Waals surface area contributed by atoms with E-state index in [1.54, 1.807) is 35.8 Å². The number of amides is 2. The van der Waals surface area contributed by atoms with Gasteiger partial charge in [0.05, 0.1) is 0 Å². The number of hydrogen-bond donors (Lipinski definition) is 3. The molecule has 5 heteroatoms. The Bertz CT molecular complexity index is 876. The second-order valence-electron chi connectivity index (χ2n) is 5.04. The van der Waals surface area contributed by atoms with E-state index in [0.717, 1.165) is 10.8 Å². The van der Waals surface area contributed by atoms with Gasteiger partial charge in [0.1, 0.15) is 0 Å². The van der Waals surface area contributed by atoms with Crippen LogP contribution in [-0.2, 0) is 0 Å². The molecule has 2 amide bonds. The highest BCUT2D eigenvalue weighted by atomic mass is 16.5. The summed E-state index contributed by atoms with van der Waals surface area (Å²) in [7, 11) is 0. The Morgan fingerprint density at radius 1 is 0.739 bits per heavy atom. The highest BCUT2D eigenvalue weighted by molar-refractivity contribution is 6.07. The molecule has 0 saturated heterocycles. The third-order valence-electron chi connectivity index (χ3n) is 3.50. The van der Waals surface area contributed by atoms with E-state index in [0.29, 0.717) is 16.8 Å². The minimum absolute atomic E-state index is 0.227. The summed E-state index contributed by atoms with van der Waals surface area (Å²) in [5.41, 5.74) is 3.12. The molecule has 3 N–H and O–H groups in total. The van der Waals surface area contributed by atoms with Gasteiger partial charge in [0.25, 0.3) is 11.8 Å². The second kappa shape index (κ2) is 6.29. The maximum atomic E-state index is 12.3. The summed E-state index contributed by atoms with van der Waals surface area (Å²) in [6.07, 6.45) is 0. The first-order valence-corrected chi connectivity index (χ1v) is 7.02. The van der Waals surface area contributed by atoms with Gasteiger partial charge in [-0.05, 0) is 47.2 Å². The zero-order valence-electron chi connectivity index (χ0n) is 12.1. The summed E-state index contributed by atoms with van der Waals surface area (Å²) in [5, 5.41) is 13.2. The van der Waals surface area contributed by atoms with E-state index < -0.39 is 5.91 Å². The molecule has 0 spiro atoms. The lowest BCUT2D eigenvalue weighted by Crippen LogP contribution is -2.18. The van der Waals surface area contributed by atoms with Crippen LogP contribution < -0.4 is 10.8 Å². The van der Waals surface area contributed by atoms with Crippen molar-refractivity contribution in [1.29, 1.82) is 0 Å². The van der Waals surface area contributed by atoms with E-state index in [4.69, 9.17) is 5.21 Å². The Kier molecular flexibility index (Phi) is 4.03. The Hall–Kier alpha value is -3.18. The van der Waals surface area contributed by atoms with Crippen LogP contribution in [0.3, 0.4) is 0 Å². The van der Waals surface area contributed by atoms with Crippen LogP contribution >= 0.6 is 0 Å². The molecule has 0 radical (unpaired) electrons. The molecule has 0 unspecified atom stereocenters. The van der Waals surface area contributed by atoms with Gasteiger partial charge in [-0.3, -0.25) is 14.8 Å². The number of hydroxylamine groups is 1. The van der Waals surface area contributed by atoms with Gasteiger partial charge in [-0.2, -0.15) is 0 Å². The van der Waals surface area contributed by atoms with Crippen LogP contribution in [0.25, 0.3) is 10.8 Å². The molecule has 3 aromatic carbocycles. The summed E-state index contributed by atoms with van der Waals surface area (Å²) in [4.78, 5) is 23.8. The standard InChI is InChI=1S/C18H14N2O3/c21-17(19-16-4-2-1-3-5-16)13-8-6-12-7-9-14(18(22)20-23)11-15(12)10-13/h1-11,23H,(H,19,21)(H,20,22). The Morgan fingerprint density at radius 3 is 1.96 bits per heavy atom. The molecule has 0 aliphatic rings. The number of anilines is 1. The van der Waals surface area contributed by atoms with Crippen molar-refractivity contribution in [3.8, 4) is 0 Å². The Morgan fingerprint density at radius 2 is 1.35 bits per heavy atom. The van der Waals surface area contributed by atoms with Crippen LogP contribution in [0.2, 0.25) is 0 Å². The molecule has 3 rings (SSSR count). The normalized spacial score (nSPS) is 10.3. The van der Waals surface area contributed by atoms with E-state index >= 15 is 0 Å². The molecule has 0 saturated carbocycles. The molecule has 3 aromatic rings. The number of carbonyl (C=O) groups excluding carboxylic acids is 2. The van der Waals surface area contributed by atoms with Gasteiger partial charge in [0.15, 0.2) is 0 Å². The van der Waals surface area contributed by atoms with Gasteiger partial charge in [0.2, 0.25) is 0 Å². The molecular weight excluding hydrogens is 292 g/mol. The zero-order chi connectivity index (χ0) is 16.2. The number of benzene rings is 3. The SMILES string of the molecule is O=C(NO)c1ccc2ccc(C(=O)Nc3ccccc3)cc2c1. The fourth-order valence-electron chi connectivity index (χ4n) is 2.32. The lowest BCUT2D eigenvalue weighted by atomic mass is 10.0. The lowest BCUT2D eigenvalue weighted by Gasteiger charge is -2.07. The molecule has 23 heavy (non-hydrogen) atoms. The van der Waals surface area contributed by atoms with E-state index in [2.05, 4.69) is 5.32 Å². The zero-order valence-corrected chi connectivity index (χ0v) is 12.1. The molecule has 0 bridgehead atoms. The molecule has 5 nitrogen and oxygen atoms in total. The molecule has 0 aromatic heterocycles. The number of rotatable bonds is 3. The van der Waals surface area contributed by atoms with Gasteiger partial charge < -0.3 is 5.32 Å². The van der Waals surface area contributed by atoms with Gasteiger partial charge >= 0.3 is 0 Å². The summed E-state index contributed by atoms with van der Waals surface area (Å²) in [6, 6.07) is 19.4. The lowest BCUT2D eigenvalue weighted by molar-refractivity contribution is 0.0706. The van der Waals surface area contributed by atoms with Crippen molar-refractivity contribution < 1.29 is 14.8 Å². The quantitative estimate of drug-likeness (QED) is 0.513. The summed E-state index contributed by atoms with van der Waals surface area (Å²) < 4.78 is 0. The van der Waals surface area contributed by atoms with Crippen molar-refractivity contribution in [2.24, 2.45) is 0 Å². The summed E-state index contributed by atoms with van der Waals surface area (Å²) in [6.45, 7) is 0.